The smallest absolute Gasteiger partial charge is 0.122 e. The van der Waals surface area contributed by atoms with Crippen LogP contribution in [0.1, 0.15) is 67.9 Å². The number of hydrogen-bond acceptors (Lipinski definition) is 2. The standard InChI is InChI=1S/C24H36NOP/c1-7-13-24(8-2,21-15-17(4)14-19(6)22(21)26)27-23-18(5)11-10-12-20(23)16-25-9-3/h10-12,14-15,25-27H,7-9,13,16H2,1-6H3. The fraction of sp³-hybridized carbons (Fsp3) is 0.500. The summed E-state index contributed by atoms with van der Waals surface area (Å²) < 4.78 is 0. The number of phenolic OH excluding ortho intramolecular Hbond substituents is 1. The molecule has 0 aromatic heterocycles. The second-order valence-electron chi connectivity index (χ2n) is 7.68. The minimum Gasteiger partial charge on any atom is -0.507 e. The zero-order valence-corrected chi connectivity index (χ0v) is 18.9. The van der Waals surface area contributed by atoms with Gasteiger partial charge in [-0.15, -0.1) is 0 Å². The molecule has 2 N–H and O–H groups in total. The second kappa shape index (κ2) is 9.71. The molecule has 0 spiro atoms. The summed E-state index contributed by atoms with van der Waals surface area (Å²) in [4.78, 5) is 0. The van der Waals surface area contributed by atoms with Crippen LogP contribution in [0.2, 0.25) is 0 Å². The Kier molecular flexibility index (Phi) is 7.89. The van der Waals surface area contributed by atoms with Gasteiger partial charge in [0.15, 0.2) is 0 Å². The molecule has 0 aliphatic rings. The van der Waals surface area contributed by atoms with Crippen molar-refractivity contribution in [2.75, 3.05) is 6.54 Å². The van der Waals surface area contributed by atoms with Crippen LogP contribution in [-0.4, -0.2) is 11.7 Å². The Morgan fingerprint density at radius 3 is 2.41 bits per heavy atom. The van der Waals surface area contributed by atoms with Gasteiger partial charge >= 0.3 is 0 Å². The van der Waals surface area contributed by atoms with Crippen LogP contribution in [0.3, 0.4) is 0 Å². The van der Waals surface area contributed by atoms with Crippen LogP contribution < -0.4 is 10.6 Å². The van der Waals surface area contributed by atoms with Crippen molar-refractivity contribution in [3.63, 3.8) is 0 Å². The van der Waals surface area contributed by atoms with Crippen molar-refractivity contribution in [1.82, 2.24) is 5.32 Å². The summed E-state index contributed by atoms with van der Waals surface area (Å²) in [5.41, 5.74) is 6.12. The number of aryl methyl sites for hydroxylation is 3. The summed E-state index contributed by atoms with van der Waals surface area (Å²) >= 11 is 0. The Labute approximate surface area is 167 Å². The van der Waals surface area contributed by atoms with Crippen molar-refractivity contribution in [2.24, 2.45) is 0 Å². The van der Waals surface area contributed by atoms with Gasteiger partial charge in [-0.3, -0.25) is 0 Å². The zero-order chi connectivity index (χ0) is 20.0. The molecule has 2 nitrogen and oxygen atoms in total. The highest BCUT2D eigenvalue weighted by Crippen LogP contribution is 2.52. The fourth-order valence-electron chi connectivity index (χ4n) is 4.03. The third kappa shape index (κ3) is 4.92. The third-order valence-electron chi connectivity index (χ3n) is 5.53. The monoisotopic (exact) mass is 385 g/mol. The summed E-state index contributed by atoms with van der Waals surface area (Å²) in [5.74, 6) is 0.491. The summed E-state index contributed by atoms with van der Waals surface area (Å²) in [5, 5.41) is 15.9. The first kappa shape index (κ1) is 21.9. The number of hydrogen-bond donors (Lipinski definition) is 2. The second-order valence-corrected chi connectivity index (χ2v) is 9.39. The Morgan fingerprint density at radius 2 is 1.78 bits per heavy atom. The van der Waals surface area contributed by atoms with E-state index in [2.05, 4.69) is 70.3 Å². The Hall–Kier alpha value is -1.37. The molecule has 0 aliphatic heterocycles. The van der Waals surface area contributed by atoms with Crippen molar-refractivity contribution in [3.05, 3.63) is 58.1 Å². The predicted molar refractivity (Wildman–Crippen MR) is 121 cm³/mol. The van der Waals surface area contributed by atoms with E-state index >= 15 is 0 Å². The first-order valence-corrected chi connectivity index (χ1v) is 11.3. The molecule has 0 amide bonds. The molecule has 0 bridgehead atoms. The van der Waals surface area contributed by atoms with Crippen LogP contribution in [0.25, 0.3) is 0 Å². The number of phenols is 1. The molecule has 2 aromatic rings. The normalized spacial score (nSPS) is 14.0. The minimum absolute atomic E-state index is 0.0112. The highest BCUT2D eigenvalue weighted by atomic mass is 31.1. The van der Waals surface area contributed by atoms with Crippen molar-refractivity contribution < 1.29 is 5.11 Å². The first-order chi connectivity index (χ1) is 12.9. The highest BCUT2D eigenvalue weighted by Gasteiger charge is 2.34. The maximum absolute atomic E-state index is 11.0. The molecular weight excluding hydrogens is 349 g/mol. The molecule has 0 aliphatic carbocycles. The van der Waals surface area contributed by atoms with E-state index < -0.39 is 0 Å². The maximum Gasteiger partial charge on any atom is 0.122 e. The van der Waals surface area contributed by atoms with Crippen LogP contribution in [0, 0.1) is 20.8 Å². The number of nitrogens with one attached hydrogen (secondary N) is 1. The van der Waals surface area contributed by atoms with Gasteiger partial charge in [0.25, 0.3) is 0 Å². The van der Waals surface area contributed by atoms with Crippen molar-refractivity contribution in [2.45, 2.75) is 72.5 Å². The van der Waals surface area contributed by atoms with Gasteiger partial charge in [0.05, 0.1) is 0 Å². The van der Waals surface area contributed by atoms with Crippen LogP contribution in [0.15, 0.2) is 30.3 Å². The van der Waals surface area contributed by atoms with E-state index in [0.717, 1.165) is 43.5 Å². The number of aromatic hydroxyl groups is 1. The maximum atomic E-state index is 11.0. The van der Waals surface area contributed by atoms with E-state index in [1.54, 1.807) is 0 Å². The van der Waals surface area contributed by atoms with Crippen LogP contribution in [0.5, 0.6) is 5.75 Å². The van der Waals surface area contributed by atoms with Gasteiger partial charge in [0.2, 0.25) is 0 Å². The lowest BCUT2D eigenvalue weighted by Gasteiger charge is -2.36. The Morgan fingerprint density at radius 1 is 1.04 bits per heavy atom. The zero-order valence-electron chi connectivity index (χ0n) is 17.9. The molecule has 2 unspecified atom stereocenters. The number of benzene rings is 2. The SMILES string of the molecule is CCCC(CC)(Pc1c(C)cccc1CNCC)c1cc(C)cc(C)c1O. The van der Waals surface area contributed by atoms with E-state index in [1.807, 2.05) is 6.92 Å². The predicted octanol–water partition coefficient (Wildman–Crippen LogP) is 5.84. The minimum atomic E-state index is -0.0112. The summed E-state index contributed by atoms with van der Waals surface area (Å²) in [6.07, 6.45) is 3.24. The van der Waals surface area contributed by atoms with Gasteiger partial charge in [-0.25, -0.2) is 0 Å². The summed E-state index contributed by atoms with van der Waals surface area (Å²) in [6, 6.07) is 10.9. The molecule has 148 valence electrons. The lowest BCUT2D eigenvalue weighted by atomic mass is 9.88. The molecule has 2 atom stereocenters. The molecule has 0 heterocycles. The van der Waals surface area contributed by atoms with E-state index in [-0.39, 0.29) is 5.16 Å². The molecular formula is C24H36NOP. The highest BCUT2D eigenvalue weighted by molar-refractivity contribution is 7.48. The average Bonchev–Trinajstić information content (AvgIpc) is 2.64. The molecule has 2 rings (SSSR count). The Bertz CT molecular complexity index is 771. The molecule has 3 heteroatoms. The summed E-state index contributed by atoms with van der Waals surface area (Å²) in [7, 11) is 0.648. The largest absolute Gasteiger partial charge is 0.507 e. The van der Waals surface area contributed by atoms with E-state index in [4.69, 9.17) is 0 Å². The quantitative estimate of drug-likeness (QED) is 0.532. The van der Waals surface area contributed by atoms with Gasteiger partial charge < -0.3 is 10.4 Å². The first-order valence-electron chi connectivity index (χ1n) is 10.3. The fourth-order valence-corrected chi connectivity index (χ4v) is 5.99. The van der Waals surface area contributed by atoms with E-state index in [9.17, 15) is 5.11 Å². The lowest BCUT2D eigenvalue weighted by molar-refractivity contribution is 0.438. The van der Waals surface area contributed by atoms with Gasteiger partial charge in [0, 0.05) is 17.3 Å². The van der Waals surface area contributed by atoms with Gasteiger partial charge in [-0.05, 0) is 62.2 Å². The van der Waals surface area contributed by atoms with E-state index in [1.165, 1.54) is 22.0 Å². The van der Waals surface area contributed by atoms with Gasteiger partial charge in [-0.2, -0.15) is 0 Å². The van der Waals surface area contributed by atoms with Crippen LogP contribution in [-0.2, 0) is 11.7 Å². The van der Waals surface area contributed by atoms with Crippen molar-refractivity contribution in [3.8, 4) is 5.75 Å². The average molecular weight is 386 g/mol. The molecule has 0 saturated carbocycles. The lowest BCUT2D eigenvalue weighted by Crippen LogP contribution is -2.27. The Balaban J connectivity index is 2.59. The molecule has 27 heavy (non-hydrogen) atoms. The molecule has 0 radical (unpaired) electrons. The van der Waals surface area contributed by atoms with Gasteiger partial charge in [-0.1, -0.05) is 71.7 Å². The summed E-state index contributed by atoms with van der Waals surface area (Å²) in [6.45, 7) is 15.0. The van der Waals surface area contributed by atoms with Crippen molar-refractivity contribution >= 4 is 13.9 Å². The molecule has 0 saturated heterocycles. The third-order valence-corrected chi connectivity index (χ3v) is 7.85. The number of rotatable bonds is 9. The van der Waals surface area contributed by atoms with Crippen molar-refractivity contribution in [1.29, 1.82) is 0 Å². The van der Waals surface area contributed by atoms with Crippen LogP contribution in [0.4, 0.5) is 0 Å². The molecule has 0 fully saturated rings. The van der Waals surface area contributed by atoms with Gasteiger partial charge in [0.1, 0.15) is 5.75 Å². The van der Waals surface area contributed by atoms with E-state index in [0.29, 0.717) is 14.3 Å². The van der Waals surface area contributed by atoms with Crippen LogP contribution >= 0.6 is 8.58 Å². The molecule has 2 aromatic carbocycles. The topological polar surface area (TPSA) is 32.3 Å².